The van der Waals surface area contributed by atoms with Crippen molar-refractivity contribution in [1.82, 2.24) is 4.90 Å². The molecule has 100 valence electrons. The molecule has 0 spiro atoms. The number of nitrogen functional groups attached to an aromatic ring is 1. The zero-order valence-corrected chi connectivity index (χ0v) is 12.0. The Morgan fingerprint density at radius 1 is 1.26 bits per heavy atom. The first-order valence-corrected chi connectivity index (χ1v) is 7.15. The van der Waals surface area contributed by atoms with Crippen LogP contribution in [0.1, 0.15) is 29.1 Å². The van der Waals surface area contributed by atoms with E-state index < -0.39 is 0 Å². The molecule has 2 rings (SSSR count). The number of rotatable bonds is 4. The predicted molar refractivity (Wildman–Crippen MR) is 80.2 cm³/mol. The van der Waals surface area contributed by atoms with E-state index in [1.165, 1.54) is 11.3 Å². The van der Waals surface area contributed by atoms with Crippen molar-refractivity contribution in [3.05, 3.63) is 52.2 Å². The first-order chi connectivity index (χ1) is 9.08. The highest BCUT2D eigenvalue weighted by atomic mass is 32.1. The SMILES string of the molecule is CC(C)N(Cc1ccc(N)cc1)C(=O)c1cccs1. The fraction of sp³-hybridized carbons (Fsp3) is 0.267. The van der Waals surface area contributed by atoms with Crippen LogP contribution in [0.25, 0.3) is 0 Å². The molecule has 2 aromatic rings. The molecule has 1 heterocycles. The van der Waals surface area contributed by atoms with Gasteiger partial charge >= 0.3 is 0 Å². The number of carbonyl (C=O) groups excluding carboxylic acids is 1. The predicted octanol–water partition coefficient (Wildman–Crippen LogP) is 3.38. The molecule has 0 radical (unpaired) electrons. The molecule has 19 heavy (non-hydrogen) atoms. The Morgan fingerprint density at radius 3 is 2.47 bits per heavy atom. The van der Waals surface area contributed by atoms with Crippen molar-refractivity contribution in [2.75, 3.05) is 5.73 Å². The van der Waals surface area contributed by atoms with Crippen molar-refractivity contribution in [2.24, 2.45) is 0 Å². The number of anilines is 1. The summed E-state index contributed by atoms with van der Waals surface area (Å²) in [6.45, 7) is 4.67. The third kappa shape index (κ3) is 3.35. The molecule has 1 aromatic carbocycles. The van der Waals surface area contributed by atoms with Crippen LogP contribution >= 0.6 is 11.3 Å². The van der Waals surface area contributed by atoms with Gasteiger partial charge in [0.2, 0.25) is 0 Å². The van der Waals surface area contributed by atoms with E-state index in [9.17, 15) is 4.79 Å². The summed E-state index contributed by atoms with van der Waals surface area (Å²) in [6.07, 6.45) is 0. The first kappa shape index (κ1) is 13.6. The molecule has 3 nitrogen and oxygen atoms in total. The van der Waals surface area contributed by atoms with E-state index in [0.717, 1.165) is 16.1 Å². The zero-order valence-electron chi connectivity index (χ0n) is 11.2. The summed E-state index contributed by atoms with van der Waals surface area (Å²) in [5, 5.41) is 1.93. The van der Waals surface area contributed by atoms with Crippen LogP contribution in [0.3, 0.4) is 0 Å². The van der Waals surface area contributed by atoms with Crippen LogP contribution < -0.4 is 5.73 Å². The van der Waals surface area contributed by atoms with Crippen molar-refractivity contribution in [1.29, 1.82) is 0 Å². The molecule has 4 heteroatoms. The van der Waals surface area contributed by atoms with Crippen molar-refractivity contribution in [3.63, 3.8) is 0 Å². The molecule has 0 aliphatic carbocycles. The van der Waals surface area contributed by atoms with E-state index in [4.69, 9.17) is 5.73 Å². The smallest absolute Gasteiger partial charge is 0.264 e. The molecule has 0 bridgehead atoms. The van der Waals surface area contributed by atoms with Crippen LogP contribution in [-0.2, 0) is 6.54 Å². The lowest BCUT2D eigenvalue weighted by Gasteiger charge is -2.26. The quantitative estimate of drug-likeness (QED) is 0.869. The number of thiophene rings is 1. The van der Waals surface area contributed by atoms with Crippen molar-refractivity contribution in [3.8, 4) is 0 Å². The standard InChI is InChI=1S/C15H18N2OS/c1-11(2)17(15(18)14-4-3-9-19-14)10-12-5-7-13(16)8-6-12/h3-9,11H,10,16H2,1-2H3. The van der Waals surface area contributed by atoms with E-state index in [1.54, 1.807) is 0 Å². The minimum absolute atomic E-state index is 0.0850. The molecule has 0 aliphatic rings. The average Bonchev–Trinajstić information content (AvgIpc) is 2.91. The van der Waals surface area contributed by atoms with Gasteiger partial charge in [-0.3, -0.25) is 4.79 Å². The lowest BCUT2D eigenvalue weighted by atomic mass is 10.1. The van der Waals surface area contributed by atoms with E-state index in [1.807, 2.05) is 60.5 Å². The van der Waals surface area contributed by atoms with Gasteiger partial charge in [-0.15, -0.1) is 11.3 Å². The van der Waals surface area contributed by atoms with Crippen molar-refractivity contribution in [2.45, 2.75) is 26.4 Å². The minimum Gasteiger partial charge on any atom is -0.399 e. The summed E-state index contributed by atoms with van der Waals surface area (Å²) >= 11 is 1.48. The lowest BCUT2D eigenvalue weighted by Crippen LogP contribution is -2.35. The number of nitrogens with two attached hydrogens (primary N) is 1. The molecule has 1 amide bonds. The number of carbonyl (C=O) groups is 1. The first-order valence-electron chi connectivity index (χ1n) is 6.27. The Morgan fingerprint density at radius 2 is 1.95 bits per heavy atom. The Hall–Kier alpha value is -1.81. The van der Waals surface area contributed by atoms with Gasteiger partial charge in [0.1, 0.15) is 0 Å². The largest absolute Gasteiger partial charge is 0.399 e. The van der Waals surface area contributed by atoms with Crippen molar-refractivity contribution < 1.29 is 4.79 Å². The van der Waals surface area contributed by atoms with Crippen molar-refractivity contribution >= 4 is 22.9 Å². The van der Waals surface area contributed by atoms with Gasteiger partial charge in [-0.25, -0.2) is 0 Å². The zero-order chi connectivity index (χ0) is 13.8. The summed E-state index contributed by atoms with van der Waals surface area (Å²) in [4.78, 5) is 15.1. The van der Waals surface area contributed by atoms with Gasteiger partial charge in [-0.1, -0.05) is 18.2 Å². The lowest BCUT2D eigenvalue weighted by molar-refractivity contribution is 0.0695. The fourth-order valence-electron chi connectivity index (χ4n) is 1.85. The van der Waals surface area contributed by atoms with Gasteiger partial charge in [0.25, 0.3) is 5.91 Å². The Labute approximate surface area is 117 Å². The Balaban J connectivity index is 2.17. The summed E-state index contributed by atoms with van der Waals surface area (Å²) in [5.74, 6) is 0.0850. The molecule has 0 saturated carbocycles. The summed E-state index contributed by atoms with van der Waals surface area (Å²) in [6, 6.07) is 11.6. The van der Waals surface area contributed by atoms with Crippen LogP contribution in [0.4, 0.5) is 5.69 Å². The average molecular weight is 274 g/mol. The highest BCUT2D eigenvalue weighted by molar-refractivity contribution is 7.12. The second-order valence-electron chi connectivity index (χ2n) is 4.75. The Bertz CT molecular complexity index is 532. The maximum absolute atomic E-state index is 12.4. The molecule has 0 fully saturated rings. The number of benzene rings is 1. The highest BCUT2D eigenvalue weighted by Crippen LogP contribution is 2.17. The number of amides is 1. The van der Waals surface area contributed by atoms with E-state index >= 15 is 0 Å². The summed E-state index contributed by atoms with van der Waals surface area (Å²) in [7, 11) is 0. The molecule has 0 aliphatic heterocycles. The molecular formula is C15H18N2OS. The van der Waals surface area contributed by atoms with E-state index in [-0.39, 0.29) is 11.9 Å². The van der Waals surface area contributed by atoms with E-state index in [2.05, 4.69) is 0 Å². The van der Waals surface area contributed by atoms with Crippen LogP contribution in [0, 0.1) is 0 Å². The molecule has 0 saturated heterocycles. The molecule has 0 atom stereocenters. The van der Waals surface area contributed by atoms with Crippen LogP contribution in [0.15, 0.2) is 41.8 Å². The molecule has 1 aromatic heterocycles. The van der Waals surface area contributed by atoms with Crippen LogP contribution in [0.5, 0.6) is 0 Å². The summed E-state index contributed by atoms with van der Waals surface area (Å²) in [5.41, 5.74) is 7.51. The van der Waals surface area contributed by atoms with Gasteiger partial charge in [0.05, 0.1) is 4.88 Å². The maximum atomic E-state index is 12.4. The Kier molecular flexibility index (Phi) is 4.22. The highest BCUT2D eigenvalue weighted by Gasteiger charge is 2.19. The topological polar surface area (TPSA) is 46.3 Å². The third-order valence-corrected chi connectivity index (χ3v) is 3.81. The second-order valence-corrected chi connectivity index (χ2v) is 5.69. The monoisotopic (exact) mass is 274 g/mol. The van der Waals surface area contributed by atoms with Gasteiger partial charge in [0, 0.05) is 18.3 Å². The van der Waals surface area contributed by atoms with Gasteiger partial charge < -0.3 is 10.6 Å². The molecule has 0 unspecified atom stereocenters. The third-order valence-electron chi connectivity index (χ3n) is 2.95. The number of nitrogens with zero attached hydrogens (tertiary/aromatic N) is 1. The fourth-order valence-corrected chi connectivity index (χ4v) is 2.53. The van der Waals surface area contributed by atoms with Gasteiger partial charge in [0.15, 0.2) is 0 Å². The van der Waals surface area contributed by atoms with Crippen LogP contribution in [-0.4, -0.2) is 16.8 Å². The second kappa shape index (κ2) is 5.89. The summed E-state index contributed by atoms with van der Waals surface area (Å²) < 4.78 is 0. The molecular weight excluding hydrogens is 256 g/mol. The van der Waals surface area contributed by atoms with Crippen LogP contribution in [0.2, 0.25) is 0 Å². The van der Waals surface area contributed by atoms with Gasteiger partial charge in [-0.05, 0) is 43.0 Å². The number of hydrogen-bond acceptors (Lipinski definition) is 3. The van der Waals surface area contributed by atoms with E-state index in [0.29, 0.717) is 6.54 Å². The van der Waals surface area contributed by atoms with Gasteiger partial charge in [-0.2, -0.15) is 0 Å². The normalized spacial score (nSPS) is 10.7. The number of hydrogen-bond donors (Lipinski definition) is 1. The minimum atomic E-state index is 0.0850. The maximum Gasteiger partial charge on any atom is 0.264 e. The molecule has 2 N–H and O–H groups in total.